The maximum Gasteiger partial charge on any atom is 0.272 e. The highest BCUT2D eigenvalue weighted by molar-refractivity contribution is 5.14. The largest absolute Gasteiger partial charge is 0.330 e. The van der Waals surface area contributed by atoms with Crippen molar-refractivity contribution in [2.24, 2.45) is 23.0 Å². The summed E-state index contributed by atoms with van der Waals surface area (Å²) in [5.74, 6) is 1.58. The number of nitrogens with two attached hydrogens (primary N) is 1. The highest BCUT2D eigenvalue weighted by Crippen LogP contribution is 2.63. The summed E-state index contributed by atoms with van der Waals surface area (Å²) < 4.78 is 17.1. The first-order valence-electron chi connectivity index (χ1n) is 7.41. The number of hydrogen-bond acceptors (Lipinski definition) is 4. The first-order valence-corrected chi connectivity index (χ1v) is 7.41. The van der Waals surface area contributed by atoms with Crippen molar-refractivity contribution < 1.29 is 14.2 Å². The molecule has 0 amide bonds. The Morgan fingerprint density at radius 1 is 1.22 bits per heavy atom. The van der Waals surface area contributed by atoms with E-state index >= 15 is 0 Å². The van der Waals surface area contributed by atoms with Crippen LogP contribution in [0.2, 0.25) is 0 Å². The van der Waals surface area contributed by atoms with E-state index < -0.39 is 6.48 Å². The average molecular weight is 253 g/mol. The zero-order valence-electron chi connectivity index (χ0n) is 11.0. The van der Waals surface area contributed by atoms with Crippen molar-refractivity contribution in [3.05, 3.63) is 0 Å². The Morgan fingerprint density at radius 3 is 2.50 bits per heavy atom. The van der Waals surface area contributed by atoms with Gasteiger partial charge in [-0.15, -0.1) is 0 Å². The third kappa shape index (κ3) is 1.40. The lowest BCUT2D eigenvalue weighted by Crippen LogP contribution is -2.45. The Bertz CT molecular complexity index is 330. The molecule has 1 heterocycles. The fraction of sp³-hybridized carbons (Fsp3) is 1.00. The SMILES string of the molecule is CCO[C@@H]1OC2C[C@@]3(C[C@H]2O1)C1CCC(C1)[C@H]3N. The first kappa shape index (κ1) is 11.6. The summed E-state index contributed by atoms with van der Waals surface area (Å²) >= 11 is 0. The van der Waals surface area contributed by atoms with Gasteiger partial charge in [0, 0.05) is 12.6 Å². The molecule has 1 saturated heterocycles. The molecule has 1 spiro atoms. The van der Waals surface area contributed by atoms with Crippen LogP contribution in [0.3, 0.4) is 0 Å². The maximum absolute atomic E-state index is 6.51. The van der Waals surface area contributed by atoms with E-state index in [9.17, 15) is 0 Å². The predicted octanol–water partition coefficient (Wildman–Crippen LogP) is 1.63. The second kappa shape index (κ2) is 3.92. The molecule has 4 fully saturated rings. The molecular formula is C14H23NO3. The molecule has 4 aliphatic rings. The smallest absolute Gasteiger partial charge is 0.272 e. The van der Waals surface area contributed by atoms with E-state index in [2.05, 4.69) is 0 Å². The van der Waals surface area contributed by atoms with Gasteiger partial charge in [0.25, 0.3) is 6.48 Å². The molecule has 4 rings (SSSR count). The van der Waals surface area contributed by atoms with Crippen LogP contribution in [0.4, 0.5) is 0 Å². The Hall–Kier alpha value is -0.160. The van der Waals surface area contributed by atoms with E-state index in [1.54, 1.807) is 0 Å². The normalized spacial score (nSPS) is 57.7. The van der Waals surface area contributed by atoms with Crippen molar-refractivity contribution in [2.75, 3.05) is 6.61 Å². The maximum atomic E-state index is 6.51. The van der Waals surface area contributed by atoms with Gasteiger partial charge in [0.15, 0.2) is 0 Å². The van der Waals surface area contributed by atoms with Gasteiger partial charge in [0.05, 0.1) is 12.2 Å². The minimum atomic E-state index is -0.433. The Balaban J connectivity index is 1.50. The highest BCUT2D eigenvalue weighted by Gasteiger charge is 2.63. The van der Waals surface area contributed by atoms with Gasteiger partial charge in [0.1, 0.15) is 0 Å². The minimum Gasteiger partial charge on any atom is -0.330 e. The van der Waals surface area contributed by atoms with Crippen LogP contribution in [0.15, 0.2) is 0 Å². The average Bonchev–Trinajstić information content (AvgIpc) is 3.02. The zero-order chi connectivity index (χ0) is 12.3. The van der Waals surface area contributed by atoms with Crippen molar-refractivity contribution >= 4 is 0 Å². The van der Waals surface area contributed by atoms with Gasteiger partial charge in [0.2, 0.25) is 0 Å². The molecule has 0 radical (unpaired) electrons. The van der Waals surface area contributed by atoms with Crippen LogP contribution >= 0.6 is 0 Å². The quantitative estimate of drug-likeness (QED) is 0.812. The van der Waals surface area contributed by atoms with E-state index in [0.717, 1.165) is 24.7 Å². The van der Waals surface area contributed by atoms with Gasteiger partial charge < -0.3 is 19.9 Å². The first-order chi connectivity index (χ1) is 8.73. The van der Waals surface area contributed by atoms with Crippen molar-refractivity contribution in [1.29, 1.82) is 0 Å². The molecule has 0 aromatic carbocycles. The third-order valence-electron chi connectivity index (χ3n) is 5.91. The van der Waals surface area contributed by atoms with Crippen LogP contribution in [0.5, 0.6) is 0 Å². The van der Waals surface area contributed by atoms with Crippen LogP contribution < -0.4 is 5.73 Å². The molecule has 0 aromatic heterocycles. The standard InChI is InChI=1S/C14H23NO3/c1-2-16-13-17-10-6-14(7-11(10)18-13)9-4-3-8(5-9)12(14)15/h8-13H,2-7,15H2,1H3/t8?,9?,10-,11?,12-,13+,14+/m1/s1. The molecule has 2 bridgehead atoms. The Labute approximate surface area is 108 Å². The Kier molecular flexibility index (Phi) is 2.54. The van der Waals surface area contributed by atoms with Gasteiger partial charge >= 0.3 is 0 Å². The van der Waals surface area contributed by atoms with Crippen LogP contribution in [-0.4, -0.2) is 31.3 Å². The van der Waals surface area contributed by atoms with Crippen LogP contribution in [0.1, 0.15) is 39.0 Å². The van der Waals surface area contributed by atoms with E-state index in [1.165, 1.54) is 19.3 Å². The van der Waals surface area contributed by atoms with E-state index in [-0.39, 0.29) is 12.2 Å². The number of ether oxygens (including phenoxy) is 3. The molecule has 4 heteroatoms. The van der Waals surface area contributed by atoms with Crippen LogP contribution in [0, 0.1) is 17.3 Å². The van der Waals surface area contributed by atoms with Gasteiger partial charge in [-0.1, -0.05) is 0 Å². The van der Waals surface area contributed by atoms with Crippen LogP contribution in [0.25, 0.3) is 0 Å². The zero-order valence-corrected chi connectivity index (χ0v) is 11.0. The fourth-order valence-corrected chi connectivity index (χ4v) is 5.11. The van der Waals surface area contributed by atoms with Crippen molar-refractivity contribution in [1.82, 2.24) is 0 Å². The lowest BCUT2D eigenvalue weighted by Gasteiger charge is -2.40. The van der Waals surface area contributed by atoms with E-state index in [4.69, 9.17) is 19.9 Å². The summed E-state index contributed by atoms with van der Waals surface area (Å²) in [6, 6.07) is 0.375. The van der Waals surface area contributed by atoms with Crippen molar-refractivity contribution in [3.63, 3.8) is 0 Å². The monoisotopic (exact) mass is 253 g/mol. The fourth-order valence-electron chi connectivity index (χ4n) is 5.11. The van der Waals surface area contributed by atoms with Gasteiger partial charge in [-0.2, -0.15) is 0 Å². The molecule has 3 unspecified atom stereocenters. The summed E-state index contributed by atoms with van der Waals surface area (Å²) in [6.45, 7) is 2.17. The molecule has 7 atom stereocenters. The second-order valence-electron chi connectivity index (χ2n) is 6.53. The molecule has 102 valence electrons. The number of hydrogen-bond donors (Lipinski definition) is 1. The van der Waals surface area contributed by atoms with Gasteiger partial charge in [-0.05, 0) is 56.3 Å². The summed E-state index contributed by atoms with van der Waals surface area (Å²) in [5.41, 5.74) is 6.83. The van der Waals surface area contributed by atoms with Crippen LogP contribution in [-0.2, 0) is 14.2 Å². The van der Waals surface area contributed by atoms with E-state index in [1.807, 2.05) is 6.92 Å². The molecule has 3 saturated carbocycles. The molecular weight excluding hydrogens is 230 g/mol. The molecule has 4 nitrogen and oxygen atoms in total. The lowest BCUT2D eigenvalue weighted by atomic mass is 9.69. The van der Waals surface area contributed by atoms with E-state index in [0.29, 0.717) is 18.1 Å². The number of rotatable bonds is 2. The highest BCUT2D eigenvalue weighted by atomic mass is 16.9. The molecule has 2 N–H and O–H groups in total. The molecule has 1 aliphatic heterocycles. The molecule has 18 heavy (non-hydrogen) atoms. The topological polar surface area (TPSA) is 53.7 Å². The van der Waals surface area contributed by atoms with Crippen molar-refractivity contribution in [3.8, 4) is 0 Å². The minimum absolute atomic E-state index is 0.215. The summed E-state index contributed by atoms with van der Waals surface area (Å²) in [7, 11) is 0. The lowest BCUT2D eigenvalue weighted by molar-refractivity contribution is -0.247. The Morgan fingerprint density at radius 2 is 1.94 bits per heavy atom. The second-order valence-corrected chi connectivity index (χ2v) is 6.53. The van der Waals surface area contributed by atoms with Crippen molar-refractivity contribution in [2.45, 2.75) is 63.8 Å². The predicted molar refractivity (Wildman–Crippen MR) is 65.6 cm³/mol. The third-order valence-corrected chi connectivity index (χ3v) is 5.91. The molecule has 0 aromatic rings. The van der Waals surface area contributed by atoms with Gasteiger partial charge in [-0.3, -0.25) is 0 Å². The summed E-state index contributed by atoms with van der Waals surface area (Å²) in [5, 5.41) is 0. The summed E-state index contributed by atoms with van der Waals surface area (Å²) in [4.78, 5) is 0. The summed E-state index contributed by atoms with van der Waals surface area (Å²) in [6.07, 6.45) is 6.65. The number of fused-ring (bicyclic) bond motifs is 4. The molecule has 3 aliphatic carbocycles. The van der Waals surface area contributed by atoms with Gasteiger partial charge in [-0.25, -0.2) is 0 Å².